The lowest BCUT2D eigenvalue weighted by Gasteiger charge is -2.64. The molecule has 4 atom stereocenters. The molecule has 43 heavy (non-hydrogen) atoms. The predicted molar refractivity (Wildman–Crippen MR) is 169 cm³/mol. The fourth-order valence-corrected chi connectivity index (χ4v) is 7.71. The smallest absolute Gasteiger partial charge is 0.200 e. The Morgan fingerprint density at radius 2 is 1.56 bits per heavy atom. The third kappa shape index (κ3) is 5.11. The predicted octanol–water partition coefficient (Wildman–Crippen LogP) is 8.20. The first-order chi connectivity index (χ1) is 19.8. The number of carbonyl (C=O) groups excluding carboxylic acids is 3. The van der Waals surface area contributed by atoms with Crippen molar-refractivity contribution in [2.75, 3.05) is 0 Å². The lowest BCUT2D eigenvalue weighted by molar-refractivity contribution is -0.188. The zero-order valence-corrected chi connectivity index (χ0v) is 27.3. The number of rotatable bonds is 8. The van der Waals surface area contributed by atoms with E-state index in [0.29, 0.717) is 25.7 Å². The Hall–Kier alpha value is -3.41. The summed E-state index contributed by atoms with van der Waals surface area (Å²) >= 11 is 0. The SMILES string of the molecule is C=C(C)C[C@@H]1C[C@]23C[C@H](CC=C(C)C)C(C)(C)[C@](CC=C(C)C)(C(=O)C(C(=O)c4ccc(O)c(O)c4)=C2OC1(C)C)C3=O. The molecule has 3 aliphatic rings. The number of benzene rings is 1. The molecule has 1 aliphatic heterocycles. The van der Waals surface area contributed by atoms with Crippen LogP contribution in [0.2, 0.25) is 0 Å². The van der Waals surface area contributed by atoms with Crippen molar-refractivity contribution >= 4 is 17.3 Å². The number of ether oxygens (including phenoxy) is 1. The third-order valence-electron chi connectivity index (χ3n) is 10.4. The molecule has 6 nitrogen and oxygen atoms in total. The number of phenolic OH excluding ortho intramolecular Hbond substituents is 2. The summed E-state index contributed by atoms with van der Waals surface area (Å²) in [5.41, 5.74) is -1.14. The minimum atomic E-state index is -1.49. The van der Waals surface area contributed by atoms with Gasteiger partial charge in [-0.2, -0.15) is 0 Å². The van der Waals surface area contributed by atoms with Crippen molar-refractivity contribution in [3.8, 4) is 11.5 Å². The quantitative estimate of drug-likeness (QED) is 0.104. The molecule has 0 aromatic heterocycles. The highest BCUT2D eigenvalue weighted by Crippen LogP contribution is 2.69. The van der Waals surface area contributed by atoms with E-state index in [4.69, 9.17) is 4.74 Å². The minimum Gasteiger partial charge on any atom is -0.504 e. The summed E-state index contributed by atoms with van der Waals surface area (Å²) in [4.78, 5) is 44.8. The first-order valence-corrected chi connectivity index (χ1v) is 15.3. The fourth-order valence-electron chi connectivity index (χ4n) is 7.71. The molecule has 2 bridgehead atoms. The lowest BCUT2D eigenvalue weighted by atomic mass is 9.39. The van der Waals surface area contributed by atoms with Gasteiger partial charge in [0.15, 0.2) is 28.8 Å². The molecule has 2 N–H and O–H groups in total. The van der Waals surface area contributed by atoms with Crippen molar-refractivity contribution in [1.82, 2.24) is 0 Å². The van der Waals surface area contributed by atoms with E-state index in [0.717, 1.165) is 11.1 Å². The molecule has 2 aliphatic carbocycles. The summed E-state index contributed by atoms with van der Waals surface area (Å²) in [5.74, 6) is -2.02. The van der Waals surface area contributed by atoms with Crippen LogP contribution in [-0.2, 0) is 14.3 Å². The average Bonchev–Trinajstić information content (AvgIpc) is 2.88. The fraction of sp³-hybridized carbons (Fsp3) is 0.541. The highest BCUT2D eigenvalue weighted by Gasteiger charge is 2.74. The van der Waals surface area contributed by atoms with Gasteiger partial charge < -0.3 is 14.9 Å². The van der Waals surface area contributed by atoms with E-state index in [1.165, 1.54) is 23.8 Å². The van der Waals surface area contributed by atoms with Gasteiger partial charge in [-0.3, -0.25) is 14.4 Å². The van der Waals surface area contributed by atoms with Gasteiger partial charge in [0.2, 0.25) is 0 Å². The van der Waals surface area contributed by atoms with Gasteiger partial charge >= 0.3 is 0 Å². The van der Waals surface area contributed by atoms with Crippen LogP contribution in [0.5, 0.6) is 11.5 Å². The Labute approximate surface area is 256 Å². The van der Waals surface area contributed by atoms with Crippen LogP contribution in [0, 0.1) is 28.1 Å². The molecule has 0 unspecified atom stereocenters. The maximum Gasteiger partial charge on any atom is 0.200 e. The van der Waals surface area contributed by atoms with E-state index in [1.54, 1.807) is 0 Å². The van der Waals surface area contributed by atoms with Gasteiger partial charge in [-0.25, -0.2) is 0 Å². The molecule has 1 aromatic rings. The molecule has 1 heterocycles. The summed E-state index contributed by atoms with van der Waals surface area (Å²) in [6.07, 6.45) is 6.58. The molecule has 2 fully saturated rings. The van der Waals surface area contributed by atoms with Crippen LogP contribution in [-0.4, -0.2) is 33.2 Å². The van der Waals surface area contributed by atoms with Gasteiger partial charge in [-0.15, -0.1) is 6.58 Å². The largest absolute Gasteiger partial charge is 0.504 e. The topological polar surface area (TPSA) is 101 Å². The number of carbonyl (C=O) groups is 3. The van der Waals surface area contributed by atoms with Crippen molar-refractivity contribution in [1.29, 1.82) is 0 Å². The molecule has 1 saturated heterocycles. The summed E-state index contributed by atoms with van der Waals surface area (Å²) < 4.78 is 6.76. The normalized spacial score (nSPS) is 28.9. The molecule has 4 rings (SSSR count). The third-order valence-corrected chi connectivity index (χ3v) is 10.4. The Morgan fingerprint density at radius 3 is 2.12 bits per heavy atom. The molecule has 0 radical (unpaired) electrons. The highest BCUT2D eigenvalue weighted by atomic mass is 16.5. The molecular weight excluding hydrogens is 540 g/mol. The number of ketones is 3. The second-order valence-electron chi connectivity index (χ2n) is 14.8. The standard InChI is InChI=1S/C37H48O6/c1-21(2)11-13-25-19-36-20-26(17-23(5)6)35(9,10)43-32(36)29(30(40)24-12-14-27(38)28(39)18-24)31(41)37(33(36)42,34(25,7)8)16-15-22(3)4/h11-12,14-15,18,25-26,38-39H,5,13,16-17,19-20H2,1-4,6-10H3/t25-,26+,36+,37+/m0/s1. The Morgan fingerprint density at radius 1 is 0.953 bits per heavy atom. The van der Waals surface area contributed by atoms with Crippen molar-refractivity contribution in [3.63, 3.8) is 0 Å². The average molecular weight is 589 g/mol. The Balaban J connectivity index is 2.11. The molecule has 232 valence electrons. The molecular formula is C37H48O6. The number of Topliss-reactive ketones (excluding diaryl/α,β-unsaturated/α-hetero) is 3. The molecule has 0 amide bonds. The second-order valence-corrected chi connectivity index (χ2v) is 14.8. The van der Waals surface area contributed by atoms with Gasteiger partial charge in [-0.05, 0) is 110 Å². The van der Waals surface area contributed by atoms with Crippen molar-refractivity contribution in [3.05, 3.63) is 70.5 Å². The van der Waals surface area contributed by atoms with E-state index in [2.05, 4.69) is 26.5 Å². The number of aromatic hydroxyl groups is 2. The number of hydrogen-bond donors (Lipinski definition) is 2. The van der Waals surface area contributed by atoms with Gasteiger partial charge in [-0.1, -0.05) is 42.7 Å². The van der Waals surface area contributed by atoms with Gasteiger partial charge in [0.05, 0.1) is 5.41 Å². The van der Waals surface area contributed by atoms with Crippen molar-refractivity contribution in [2.45, 2.75) is 100 Å². The van der Waals surface area contributed by atoms with E-state index in [-0.39, 0.29) is 46.7 Å². The highest BCUT2D eigenvalue weighted by molar-refractivity contribution is 6.35. The number of allylic oxidation sites excluding steroid dienone is 7. The van der Waals surface area contributed by atoms with Gasteiger partial charge in [0, 0.05) is 11.5 Å². The van der Waals surface area contributed by atoms with Gasteiger partial charge in [0.25, 0.3) is 0 Å². The van der Waals surface area contributed by atoms with Crippen LogP contribution in [0.1, 0.15) is 105 Å². The summed E-state index contributed by atoms with van der Waals surface area (Å²) in [6.45, 7) is 22.0. The first kappa shape index (κ1) is 32.5. The van der Waals surface area contributed by atoms with E-state index in [9.17, 15) is 15.0 Å². The van der Waals surface area contributed by atoms with Crippen LogP contribution < -0.4 is 0 Å². The van der Waals surface area contributed by atoms with E-state index in [1.807, 2.05) is 54.5 Å². The lowest BCUT2D eigenvalue weighted by Crippen LogP contribution is -2.69. The number of hydrogen-bond acceptors (Lipinski definition) is 6. The van der Waals surface area contributed by atoms with Crippen LogP contribution in [0.25, 0.3) is 0 Å². The maximum atomic E-state index is 15.3. The summed E-state index contributed by atoms with van der Waals surface area (Å²) in [7, 11) is 0. The summed E-state index contributed by atoms with van der Waals surface area (Å²) in [5, 5.41) is 20.2. The first-order valence-electron chi connectivity index (χ1n) is 15.3. The Kier molecular flexibility index (Phi) is 8.27. The Bertz CT molecular complexity index is 1480. The minimum absolute atomic E-state index is 0.0331. The van der Waals surface area contributed by atoms with Crippen LogP contribution in [0.3, 0.4) is 0 Å². The van der Waals surface area contributed by atoms with Crippen molar-refractivity contribution < 1.29 is 29.3 Å². The molecule has 1 saturated carbocycles. The molecule has 6 heteroatoms. The van der Waals surface area contributed by atoms with E-state index < -0.39 is 39.2 Å². The zero-order valence-electron chi connectivity index (χ0n) is 27.3. The molecule has 1 aromatic carbocycles. The number of fused-ring (bicyclic) bond motifs is 1. The maximum absolute atomic E-state index is 15.3. The zero-order chi connectivity index (χ0) is 32.3. The monoisotopic (exact) mass is 588 g/mol. The second kappa shape index (κ2) is 10.9. The van der Waals surface area contributed by atoms with Gasteiger partial charge in [0.1, 0.15) is 22.3 Å². The van der Waals surface area contributed by atoms with E-state index >= 15 is 9.59 Å². The van der Waals surface area contributed by atoms with Crippen LogP contribution in [0.15, 0.2) is 65.0 Å². The van der Waals surface area contributed by atoms with Crippen LogP contribution in [0.4, 0.5) is 0 Å². The molecule has 1 spiro atoms. The number of phenols is 2. The van der Waals surface area contributed by atoms with Crippen molar-refractivity contribution in [2.24, 2.45) is 28.1 Å². The summed E-state index contributed by atoms with van der Waals surface area (Å²) in [6, 6.07) is 3.79. The van der Waals surface area contributed by atoms with Crippen LogP contribution >= 0.6 is 0 Å².